The highest BCUT2D eigenvalue weighted by Gasteiger charge is 2.04. The molecular weight excluding hydrogens is 246 g/mol. The minimum atomic E-state index is 0.0627. The molecule has 0 saturated heterocycles. The summed E-state index contributed by atoms with van der Waals surface area (Å²) in [6.45, 7) is 4.52. The molecule has 1 heterocycles. The Hall–Kier alpha value is -1.88. The molecule has 4 nitrogen and oxygen atoms in total. The van der Waals surface area contributed by atoms with Crippen LogP contribution in [0.5, 0.6) is 5.75 Å². The van der Waals surface area contributed by atoms with E-state index in [4.69, 9.17) is 15.9 Å². The van der Waals surface area contributed by atoms with E-state index in [9.17, 15) is 0 Å². The Morgan fingerprint density at radius 2 is 2.00 bits per heavy atom. The molecule has 2 rings (SSSR count). The Kier molecular flexibility index (Phi) is 3.62. The van der Waals surface area contributed by atoms with Crippen LogP contribution in [0.2, 0.25) is 0 Å². The summed E-state index contributed by atoms with van der Waals surface area (Å²) in [5.74, 6) is 0.818. The normalized spacial score (nSPS) is 10.3. The lowest BCUT2D eigenvalue weighted by Crippen LogP contribution is -2.10. The molecule has 0 aliphatic rings. The molecule has 0 aliphatic heterocycles. The van der Waals surface area contributed by atoms with Crippen LogP contribution in [0.1, 0.15) is 21.1 Å². The Balaban J connectivity index is 2.00. The number of nitrogens with one attached hydrogen (secondary N) is 1. The van der Waals surface area contributed by atoms with Crippen molar-refractivity contribution in [3.63, 3.8) is 0 Å². The summed E-state index contributed by atoms with van der Waals surface area (Å²) in [6.07, 6.45) is 0. The van der Waals surface area contributed by atoms with Gasteiger partial charge in [-0.05, 0) is 38.1 Å². The van der Waals surface area contributed by atoms with Crippen LogP contribution in [0.25, 0.3) is 0 Å². The molecule has 0 saturated carbocycles. The van der Waals surface area contributed by atoms with Crippen LogP contribution in [0, 0.1) is 19.3 Å². The van der Waals surface area contributed by atoms with Crippen LogP contribution < -0.4 is 10.5 Å². The van der Waals surface area contributed by atoms with Crippen molar-refractivity contribution >= 4 is 17.2 Å². The summed E-state index contributed by atoms with van der Waals surface area (Å²) in [7, 11) is 0. The quantitative estimate of drug-likeness (QED) is 0.656. The van der Waals surface area contributed by atoms with Crippen molar-refractivity contribution in [2.24, 2.45) is 5.73 Å². The van der Waals surface area contributed by atoms with Crippen molar-refractivity contribution in [3.8, 4) is 5.75 Å². The molecule has 94 valence electrons. The van der Waals surface area contributed by atoms with Crippen molar-refractivity contribution in [3.05, 3.63) is 45.4 Å². The van der Waals surface area contributed by atoms with Crippen molar-refractivity contribution in [1.29, 1.82) is 5.41 Å². The van der Waals surface area contributed by atoms with Gasteiger partial charge in [-0.3, -0.25) is 5.41 Å². The Morgan fingerprint density at radius 1 is 1.33 bits per heavy atom. The fraction of sp³-hybridized carbons (Fsp3) is 0.231. The van der Waals surface area contributed by atoms with Gasteiger partial charge < -0.3 is 10.5 Å². The summed E-state index contributed by atoms with van der Waals surface area (Å²) >= 11 is 1.65. The third-order valence-corrected chi connectivity index (χ3v) is 3.65. The van der Waals surface area contributed by atoms with E-state index in [2.05, 4.69) is 11.9 Å². The molecule has 3 N–H and O–H groups in total. The van der Waals surface area contributed by atoms with Gasteiger partial charge in [0, 0.05) is 10.4 Å². The van der Waals surface area contributed by atoms with Crippen LogP contribution >= 0.6 is 11.3 Å². The molecule has 0 unspecified atom stereocenters. The Morgan fingerprint density at radius 3 is 2.50 bits per heavy atom. The molecule has 0 spiro atoms. The standard InChI is InChI=1S/C13H15N3OS/c1-8-9(2)18-12(16-8)7-17-11-5-3-10(4-6-11)13(14)15/h3-6H,7H2,1-2H3,(H3,14,15). The number of thiazole rings is 1. The number of hydrogen-bond donors (Lipinski definition) is 2. The molecule has 0 bridgehead atoms. The van der Waals surface area contributed by atoms with Gasteiger partial charge in [0.25, 0.3) is 0 Å². The predicted octanol–water partition coefficient (Wildman–Crippen LogP) is 2.62. The lowest BCUT2D eigenvalue weighted by Gasteiger charge is -2.04. The zero-order chi connectivity index (χ0) is 13.1. The monoisotopic (exact) mass is 261 g/mol. The molecule has 5 heteroatoms. The van der Waals surface area contributed by atoms with E-state index in [0.717, 1.165) is 16.5 Å². The molecule has 1 aromatic heterocycles. The lowest BCUT2D eigenvalue weighted by molar-refractivity contribution is 0.305. The molecule has 0 aliphatic carbocycles. The van der Waals surface area contributed by atoms with E-state index in [1.54, 1.807) is 23.5 Å². The minimum absolute atomic E-state index is 0.0627. The summed E-state index contributed by atoms with van der Waals surface area (Å²) < 4.78 is 5.63. The SMILES string of the molecule is Cc1nc(COc2ccc(C(=N)N)cc2)sc1C. The van der Waals surface area contributed by atoms with E-state index in [0.29, 0.717) is 12.2 Å². The van der Waals surface area contributed by atoms with Gasteiger partial charge in [-0.1, -0.05) is 0 Å². The van der Waals surface area contributed by atoms with Gasteiger partial charge in [-0.25, -0.2) is 4.98 Å². The molecule has 2 aromatic rings. The summed E-state index contributed by atoms with van der Waals surface area (Å²) in [4.78, 5) is 5.63. The number of nitrogens with zero attached hydrogens (tertiary/aromatic N) is 1. The number of benzene rings is 1. The molecule has 1 aromatic carbocycles. The zero-order valence-corrected chi connectivity index (χ0v) is 11.2. The first-order chi connectivity index (χ1) is 8.56. The van der Waals surface area contributed by atoms with Crippen LogP contribution in [0.4, 0.5) is 0 Å². The highest BCUT2D eigenvalue weighted by molar-refractivity contribution is 7.11. The van der Waals surface area contributed by atoms with Gasteiger partial charge in [-0.2, -0.15) is 0 Å². The molecule has 0 fully saturated rings. The van der Waals surface area contributed by atoms with Gasteiger partial charge in [0.05, 0.1) is 5.69 Å². The van der Waals surface area contributed by atoms with E-state index in [1.165, 1.54) is 4.88 Å². The third-order valence-electron chi connectivity index (χ3n) is 2.60. The fourth-order valence-corrected chi connectivity index (χ4v) is 2.32. The maximum atomic E-state index is 7.30. The van der Waals surface area contributed by atoms with Gasteiger partial charge >= 0.3 is 0 Å². The minimum Gasteiger partial charge on any atom is -0.486 e. The fourth-order valence-electron chi connectivity index (χ4n) is 1.48. The van der Waals surface area contributed by atoms with Crippen LogP contribution in [0.15, 0.2) is 24.3 Å². The van der Waals surface area contributed by atoms with Crippen LogP contribution in [-0.2, 0) is 6.61 Å². The Bertz CT molecular complexity index is 541. The smallest absolute Gasteiger partial charge is 0.140 e. The Labute approximate surface area is 110 Å². The second-order valence-electron chi connectivity index (χ2n) is 3.98. The number of aryl methyl sites for hydroxylation is 2. The van der Waals surface area contributed by atoms with E-state index >= 15 is 0 Å². The molecule has 0 amide bonds. The van der Waals surface area contributed by atoms with Gasteiger partial charge in [-0.15, -0.1) is 11.3 Å². The van der Waals surface area contributed by atoms with Crippen molar-refractivity contribution in [2.45, 2.75) is 20.5 Å². The summed E-state index contributed by atoms with van der Waals surface area (Å²) in [5, 5.41) is 8.27. The third kappa shape index (κ3) is 2.87. The summed E-state index contributed by atoms with van der Waals surface area (Å²) in [5.41, 5.74) is 7.14. The number of nitrogen functional groups attached to an aromatic ring is 1. The maximum absolute atomic E-state index is 7.30. The first kappa shape index (κ1) is 12.6. The predicted molar refractivity (Wildman–Crippen MR) is 73.4 cm³/mol. The van der Waals surface area contributed by atoms with Crippen molar-refractivity contribution in [1.82, 2.24) is 4.98 Å². The number of hydrogen-bond acceptors (Lipinski definition) is 4. The zero-order valence-electron chi connectivity index (χ0n) is 10.4. The van der Waals surface area contributed by atoms with Crippen molar-refractivity contribution < 1.29 is 4.74 Å². The largest absolute Gasteiger partial charge is 0.486 e. The number of ether oxygens (including phenoxy) is 1. The van der Waals surface area contributed by atoms with Gasteiger partial charge in [0.1, 0.15) is 23.2 Å². The molecular formula is C13H15N3OS. The summed E-state index contributed by atoms with van der Waals surface area (Å²) in [6, 6.07) is 7.17. The van der Waals surface area contributed by atoms with E-state index in [-0.39, 0.29) is 5.84 Å². The number of amidine groups is 1. The van der Waals surface area contributed by atoms with Gasteiger partial charge in [0.2, 0.25) is 0 Å². The van der Waals surface area contributed by atoms with Gasteiger partial charge in [0.15, 0.2) is 0 Å². The van der Waals surface area contributed by atoms with Crippen LogP contribution in [0.3, 0.4) is 0 Å². The second-order valence-corrected chi connectivity index (χ2v) is 5.26. The molecule has 0 radical (unpaired) electrons. The average molecular weight is 261 g/mol. The lowest BCUT2D eigenvalue weighted by atomic mass is 10.2. The van der Waals surface area contributed by atoms with E-state index in [1.807, 2.05) is 19.1 Å². The molecule has 18 heavy (non-hydrogen) atoms. The average Bonchev–Trinajstić information content (AvgIpc) is 2.67. The van der Waals surface area contributed by atoms with Crippen molar-refractivity contribution in [2.75, 3.05) is 0 Å². The number of aromatic nitrogens is 1. The number of rotatable bonds is 4. The highest BCUT2D eigenvalue weighted by Crippen LogP contribution is 2.19. The highest BCUT2D eigenvalue weighted by atomic mass is 32.1. The first-order valence-corrected chi connectivity index (χ1v) is 6.38. The first-order valence-electron chi connectivity index (χ1n) is 5.56. The van der Waals surface area contributed by atoms with Crippen LogP contribution in [-0.4, -0.2) is 10.8 Å². The molecule has 0 atom stereocenters. The number of nitrogens with two attached hydrogens (primary N) is 1. The topological polar surface area (TPSA) is 72.0 Å². The maximum Gasteiger partial charge on any atom is 0.140 e. The second kappa shape index (κ2) is 5.18. The van der Waals surface area contributed by atoms with E-state index < -0.39 is 0 Å².